The van der Waals surface area contributed by atoms with Crippen LogP contribution >= 0.6 is 0 Å². The van der Waals surface area contributed by atoms with Crippen LogP contribution in [0, 0.1) is 91.8 Å². The van der Waals surface area contributed by atoms with Crippen molar-refractivity contribution in [3.8, 4) is 17.2 Å². The van der Waals surface area contributed by atoms with E-state index in [1.54, 1.807) is 96.1 Å². The van der Waals surface area contributed by atoms with Gasteiger partial charge in [-0.3, -0.25) is 14.4 Å². The highest BCUT2D eigenvalue weighted by Crippen LogP contribution is 2.54. The molecule has 0 aliphatic carbocycles. The summed E-state index contributed by atoms with van der Waals surface area (Å²) in [6.07, 6.45) is 5.98. The van der Waals surface area contributed by atoms with Crippen molar-refractivity contribution in [2.45, 2.75) is 447 Å². The Morgan fingerprint density at radius 2 is 0.615 bits per heavy atom. The SMILES string of the molecule is CC[C@H](C(=O)[C@H](C)[C@H](O)[C@@H](C)CCc1ccc(C)c(O)c1C(=O)OCc1cc(COC(=O)c2c(CC[C@H](C)[C@@H](O)[C@@H](C)C(=O)[C@@H](CC)[C@@H]3O[C@@](CC)([C@@H]4CC[C@@](O)(CC)[C@@H](C)O4)C[C@H]3C)ccc(C)c2O)cc(COC(=O)c2c(CC[C@H](C)[C@@H](O)[C@@H](C)C(=O)[C@@H](CC)[C@@H]3O[C@@](CC)([C@@H]4CC[C@@](O)(CC)[C@@H](C)O4)C[C@H]3C)ccc(C)c2O)c1)[C@@H]1O[C@@](CC)([C@@H]2CC[C@@](O)(CC)[C@@H](C)O2)C[C@H]1C. The van der Waals surface area contributed by atoms with Gasteiger partial charge in [0.15, 0.2) is 0 Å². The summed E-state index contributed by atoms with van der Waals surface area (Å²) in [6.45, 7) is 44.6. The number of aromatic hydroxyl groups is 3. The minimum atomic E-state index is -1.09. The number of hydrogen-bond acceptors (Lipinski definition) is 24. The van der Waals surface area contributed by atoms with Crippen molar-refractivity contribution >= 4 is 35.3 Å². The third-order valence-electron chi connectivity index (χ3n) is 34.2. The molecule has 6 aliphatic heterocycles. The van der Waals surface area contributed by atoms with E-state index in [0.29, 0.717) is 185 Å². The van der Waals surface area contributed by atoms with E-state index in [1.165, 1.54) is 0 Å². The maximum atomic E-state index is 14.8. The molecule has 30 atom stereocenters. The van der Waals surface area contributed by atoms with Crippen molar-refractivity contribution < 1.29 is 117 Å². The maximum Gasteiger partial charge on any atom is 0.342 e. The Morgan fingerprint density at radius 3 is 0.822 bits per heavy atom. The zero-order valence-corrected chi connectivity index (χ0v) is 85.8. The van der Waals surface area contributed by atoms with Gasteiger partial charge in [-0.2, -0.15) is 0 Å². The summed E-state index contributed by atoms with van der Waals surface area (Å²) < 4.78 is 59.2. The minimum absolute atomic E-state index is 0.0122. The number of Topliss-reactive ketones (excluding diaryl/α,β-unsaturated/α-hetero) is 3. The summed E-state index contributed by atoms with van der Waals surface area (Å²) in [7, 11) is 0. The third kappa shape index (κ3) is 23.7. The van der Waals surface area contributed by atoms with E-state index in [-0.39, 0.29) is 125 Å². The van der Waals surface area contributed by atoms with Crippen molar-refractivity contribution in [1.29, 1.82) is 0 Å². The van der Waals surface area contributed by atoms with Crippen molar-refractivity contribution in [3.05, 3.63) is 121 Å². The molecule has 135 heavy (non-hydrogen) atoms. The topological polar surface area (TPSA) is 368 Å². The van der Waals surface area contributed by atoms with Crippen LogP contribution in [0.25, 0.3) is 0 Å². The fourth-order valence-corrected chi connectivity index (χ4v) is 24.1. The number of carbonyl (C=O) groups excluding carboxylic acids is 6. The van der Waals surface area contributed by atoms with Gasteiger partial charge in [0.25, 0.3) is 0 Å². The first-order valence-electron chi connectivity index (χ1n) is 51.5. The predicted octanol–water partition coefficient (Wildman–Crippen LogP) is 19.1. The standard InChI is InChI=1S/C111H168O24/c1-25-82(100-67(16)55-109(31-7,133-100)85-46-49-106(124,28-4)73(22)130-85)97(118)70(19)91(112)61(10)34-40-79-43-37-64(13)94(115)88(79)103(121)127-58-76-52-77(59-128-104(122)89-80(44-38-65(14)95(89)116)41-35-62(11)92(113)71(20)98(119)83(26-2)101-68(17)56-110(32-8,134-101)86-47-50-107(125,29-5)74(23)131-86)54-78(53-76)60-129-105(123)90-81(45-39-66(15)96(90)117)42-36-63(12)93(114)72(21)99(120)84(27-3)102-69(18)57-111(33-9,135-102)87-48-51-108(126,30-6)75(24)132-87/h37-39,43-45,52-54,61-63,67-75,82-87,91-93,100-102,112-117,124-126H,25-36,40-42,46-51,55-60H2,1-24H3/t61-,62-,63-,67+,68+,69+,70+,71+,72+,73+,74+,75+,82+,83+,84+,85-,86-,87-,91+,92+,93+,100+,101+,102+,106-,107-,108-,109+,110+,111+/m0/s1. The van der Waals surface area contributed by atoms with Gasteiger partial charge in [-0.1, -0.05) is 161 Å². The average Bonchev–Trinajstić information content (AvgIpc) is 1.62. The van der Waals surface area contributed by atoms with E-state index in [2.05, 4.69) is 41.5 Å². The highest BCUT2D eigenvalue weighted by Gasteiger charge is 2.60. The van der Waals surface area contributed by atoms with Gasteiger partial charge < -0.3 is 88.6 Å². The fourth-order valence-electron chi connectivity index (χ4n) is 24.1. The first-order chi connectivity index (χ1) is 63.6. The van der Waals surface area contributed by atoms with Crippen molar-refractivity contribution in [2.75, 3.05) is 0 Å². The Labute approximate surface area is 804 Å². The molecule has 10 rings (SSSR count). The zero-order chi connectivity index (χ0) is 99.8. The molecule has 4 aromatic carbocycles. The lowest BCUT2D eigenvalue weighted by atomic mass is 9.76. The number of hydrogen-bond donors (Lipinski definition) is 9. The molecule has 6 heterocycles. The molecule has 0 radical (unpaired) electrons. The molecule has 756 valence electrons. The molecule has 0 amide bonds. The number of ether oxygens (including phenoxy) is 9. The van der Waals surface area contributed by atoms with Crippen LogP contribution in [0.4, 0.5) is 0 Å². The Bertz CT molecular complexity index is 4230. The molecule has 0 spiro atoms. The van der Waals surface area contributed by atoms with Gasteiger partial charge in [0.05, 0.1) is 107 Å². The van der Waals surface area contributed by atoms with Crippen LogP contribution in [-0.4, -0.2) is 188 Å². The van der Waals surface area contributed by atoms with E-state index in [1.807, 2.05) is 83.1 Å². The summed E-state index contributed by atoms with van der Waals surface area (Å²) in [5, 5.41) is 106. The second-order valence-corrected chi connectivity index (χ2v) is 42.7. The Hall–Kier alpha value is -6.78. The number of benzene rings is 4. The molecule has 4 aromatic rings. The van der Waals surface area contributed by atoms with Gasteiger partial charge in [-0.15, -0.1) is 0 Å². The van der Waals surface area contributed by atoms with Gasteiger partial charge in [-0.25, -0.2) is 14.4 Å². The molecule has 6 fully saturated rings. The number of aliphatic hydroxyl groups is 6. The molecule has 0 bridgehead atoms. The molecule has 0 saturated carbocycles. The molecule has 6 saturated heterocycles. The quantitative estimate of drug-likeness (QED) is 0.0147. The lowest BCUT2D eigenvalue weighted by Crippen LogP contribution is -2.55. The second kappa shape index (κ2) is 46.3. The predicted molar refractivity (Wildman–Crippen MR) is 518 cm³/mol. The third-order valence-corrected chi connectivity index (χ3v) is 34.2. The summed E-state index contributed by atoms with van der Waals surface area (Å²) in [5.74, 6) is -9.16. The van der Waals surface area contributed by atoms with Crippen LogP contribution in [0.5, 0.6) is 17.2 Å². The number of phenols is 3. The Balaban J connectivity index is 0.846. The monoisotopic (exact) mass is 1890 g/mol. The molecular weight excluding hydrogens is 1720 g/mol. The molecule has 0 aromatic heterocycles. The van der Waals surface area contributed by atoms with Crippen LogP contribution in [0.2, 0.25) is 0 Å². The summed E-state index contributed by atoms with van der Waals surface area (Å²) >= 11 is 0. The fraction of sp³-hybridized carbons (Fsp3) is 0.730. The molecular formula is C111H168O24. The lowest BCUT2D eigenvalue weighted by molar-refractivity contribution is -0.229. The second-order valence-electron chi connectivity index (χ2n) is 42.7. The number of rotatable bonds is 45. The average molecular weight is 1890 g/mol. The van der Waals surface area contributed by atoms with Gasteiger partial charge in [0.2, 0.25) is 0 Å². The number of ketones is 3. The van der Waals surface area contributed by atoms with Gasteiger partial charge in [0, 0.05) is 35.5 Å². The van der Waals surface area contributed by atoms with E-state index < -0.39 is 161 Å². The first kappa shape index (κ1) is 110. The number of esters is 3. The van der Waals surface area contributed by atoms with E-state index in [0.717, 1.165) is 0 Å². The molecule has 6 aliphatic rings. The van der Waals surface area contributed by atoms with Crippen LogP contribution in [0.1, 0.15) is 361 Å². The highest BCUT2D eigenvalue weighted by molar-refractivity contribution is 5.96. The zero-order valence-electron chi connectivity index (χ0n) is 85.8. The molecule has 24 heteroatoms. The van der Waals surface area contributed by atoms with Gasteiger partial charge in [0.1, 0.15) is 71.1 Å². The molecule has 0 unspecified atom stereocenters. The first-order valence-corrected chi connectivity index (χ1v) is 51.5. The van der Waals surface area contributed by atoms with Crippen molar-refractivity contribution in [3.63, 3.8) is 0 Å². The normalized spacial score (nSPS) is 31.5. The number of aryl methyl sites for hydroxylation is 6. The lowest BCUT2D eigenvalue weighted by Gasteiger charge is -2.47. The van der Waals surface area contributed by atoms with Crippen molar-refractivity contribution in [2.24, 2.45) is 71.0 Å². The van der Waals surface area contributed by atoms with Gasteiger partial charge in [-0.05, 0) is 299 Å². The highest BCUT2D eigenvalue weighted by atomic mass is 16.6. The summed E-state index contributed by atoms with van der Waals surface area (Å²) in [6, 6.07) is 15.2. The minimum Gasteiger partial charge on any atom is -0.507 e. The smallest absolute Gasteiger partial charge is 0.342 e. The number of carbonyl (C=O) groups is 6. The molecule has 24 nitrogen and oxygen atoms in total. The summed E-state index contributed by atoms with van der Waals surface area (Å²) in [5.41, 5.74) is -1.48. The van der Waals surface area contributed by atoms with E-state index in [4.69, 9.17) is 42.6 Å². The maximum absolute atomic E-state index is 14.8. The number of aliphatic hydroxyl groups excluding tert-OH is 3. The Kier molecular flexibility index (Phi) is 37.8. The van der Waals surface area contributed by atoms with Crippen LogP contribution in [0.15, 0.2) is 54.6 Å². The van der Waals surface area contributed by atoms with Crippen LogP contribution in [-0.2, 0) is 96.1 Å². The Morgan fingerprint density at radius 1 is 0.378 bits per heavy atom. The molecule has 9 N–H and O–H groups in total. The van der Waals surface area contributed by atoms with Crippen LogP contribution in [0.3, 0.4) is 0 Å². The van der Waals surface area contributed by atoms with E-state index in [9.17, 15) is 74.7 Å². The van der Waals surface area contributed by atoms with E-state index >= 15 is 0 Å². The van der Waals surface area contributed by atoms with Crippen LogP contribution < -0.4 is 0 Å². The number of phenolic OH excluding ortho intramolecular Hbond substituents is 3. The largest absolute Gasteiger partial charge is 0.507 e. The van der Waals surface area contributed by atoms with Gasteiger partial charge >= 0.3 is 17.9 Å². The summed E-state index contributed by atoms with van der Waals surface area (Å²) in [4.78, 5) is 88.6. The van der Waals surface area contributed by atoms with Crippen molar-refractivity contribution in [1.82, 2.24) is 0 Å².